The molecule has 1 atom stereocenters. The number of esters is 1. The number of aromatic hydroxyl groups is 1. The van der Waals surface area contributed by atoms with Crippen LogP contribution in [0.1, 0.15) is 57.6 Å². The van der Waals surface area contributed by atoms with E-state index in [0.29, 0.717) is 47.6 Å². The fourth-order valence-corrected chi connectivity index (χ4v) is 4.82. The van der Waals surface area contributed by atoms with Crippen LogP contribution in [0.15, 0.2) is 71.1 Å². The molecule has 0 bridgehead atoms. The molecule has 2 aromatic rings. The Bertz CT molecular complexity index is 1180. The summed E-state index contributed by atoms with van der Waals surface area (Å²) in [4.78, 5) is 26.8. The van der Waals surface area contributed by atoms with Crippen LogP contribution in [-0.4, -0.2) is 23.5 Å². The molecule has 4 rings (SSSR count). The van der Waals surface area contributed by atoms with E-state index in [-0.39, 0.29) is 23.6 Å². The molecule has 178 valence electrons. The predicted molar refractivity (Wildman–Crippen MR) is 129 cm³/mol. The first-order valence-corrected chi connectivity index (χ1v) is 11.6. The minimum absolute atomic E-state index is 0.00986. The SMILES string of the molecule is CCOc1cc([C@@H]2C(C(=O)OCc3ccccc3)=C(C)NC3=C2C(=O)CC(C)(C)C3)ccc1O. The van der Waals surface area contributed by atoms with Crippen LogP contribution in [0, 0.1) is 5.41 Å². The fourth-order valence-electron chi connectivity index (χ4n) is 4.82. The lowest BCUT2D eigenvalue weighted by molar-refractivity contribution is -0.140. The Labute approximate surface area is 200 Å². The Balaban J connectivity index is 1.77. The van der Waals surface area contributed by atoms with E-state index in [2.05, 4.69) is 19.2 Å². The highest BCUT2D eigenvalue weighted by molar-refractivity contribution is 6.04. The lowest BCUT2D eigenvalue weighted by atomic mass is 9.68. The first-order valence-electron chi connectivity index (χ1n) is 11.6. The third-order valence-electron chi connectivity index (χ3n) is 6.29. The van der Waals surface area contributed by atoms with Crippen molar-refractivity contribution < 1.29 is 24.2 Å². The number of phenols is 1. The predicted octanol–water partition coefficient (Wildman–Crippen LogP) is 5.14. The average Bonchev–Trinajstić information content (AvgIpc) is 2.78. The van der Waals surface area contributed by atoms with Crippen molar-refractivity contribution in [3.8, 4) is 11.5 Å². The van der Waals surface area contributed by atoms with Crippen molar-refractivity contribution in [1.82, 2.24) is 5.32 Å². The van der Waals surface area contributed by atoms with E-state index in [4.69, 9.17) is 9.47 Å². The van der Waals surface area contributed by atoms with Crippen LogP contribution in [0.2, 0.25) is 0 Å². The molecule has 6 heteroatoms. The standard InChI is InChI=1S/C28H31NO5/c1-5-33-23-13-19(11-12-21(23)30)25-24(27(32)34-16-18-9-7-6-8-10-18)17(2)29-20-14-28(3,4)15-22(31)26(20)25/h6-13,25,29-30H,5,14-16H2,1-4H3/t25-/m1/s1. The molecule has 0 saturated carbocycles. The van der Waals surface area contributed by atoms with Crippen LogP contribution < -0.4 is 10.1 Å². The van der Waals surface area contributed by atoms with Gasteiger partial charge in [0.05, 0.1) is 12.2 Å². The zero-order valence-electron chi connectivity index (χ0n) is 20.1. The van der Waals surface area contributed by atoms with E-state index >= 15 is 0 Å². The van der Waals surface area contributed by atoms with Crippen molar-refractivity contribution in [2.24, 2.45) is 5.41 Å². The molecule has 2 aliphatic rings. The number of allylic oxidation sites excluding steroid dienone is 3. The van der Waals surface area contributed by atoms with Gasteiger partial charge in [-0.15, -0.1) is 0 Å². The van der Waals surface area contributed by atoms with E-state index < -0.39 is 11.9 Å². The molecule has 0 amide bonds. The first-order chi connectivity index (χ1) is 16.2. The van der Waals surface area contributed by atoms with Crippen LogP contribution >= 0.6 is 0 Å². The minimum atomic E-state index is -0.608. The Morgan fingerprint density at radius 1 is 1.15 bits per heavy atom. The number of carbonyl (C=O) groups is 2. The third kappa shape index (κ3) is 4.72. The van der Waals surface area contributed by atoms with E-state index in [9.17, 15) is 14.7 Å². The van der Waals surface area contributed by atoms with Gasteiger partial charge in [-0.2, -0.15) is 0 Å². The van der Waals surface area contributed by atoms with Gasteiger partial charge < -0.3 is 19.9 Å². The average molecular weight is 462 g/mol. The van der Waals surface area contributed by atoms with Gasteiger partial charge in [-0.25, -0.2) is 4.79 Å². The number of carbonyl (C=O) groups excluding carboxylic acids is 2. The maximum atomic E-state index is 13.4. The zero-order chi connectivity index (χ0) is 24.5. The number of hydrogen-bond donors (Lipinski definition) is 2. The fraction of sp³-hybridized carbons (Fsp3) is 0.357. The van der Waals surface area contributed by atoms with Crippen LogP contribution in [0.3, 0.4) is 0 Å². The Kier molecular flexibility index (Phi) is 6.51. The number of rotatable bonds is 6. The third-order valence-corrected chi connectivity index (χ3v) is 6.29. The molecule has 0 saturated heterocycles. The van der Waals surface area contributed by atoms with Crippen LogP contribution in [-0.2, 0) is 20.9 Å². The number of benzene rings is 2. The van der Waals surface area contributed by atoms with Gasteiger partial charge in [-0.1, -0.05) is 50.2 Å². The molecular weight excluding hydrogens is 430 g/mol. The zero-order valence-corrected chi connectivity index (χ0v) is 20.1. The Morgan fingerprint density at radius 3 is 2.59 bits per heavy atom. The highest BCUT2D eigenvalue weighted by Crippen LogP contribution is 2.47. The molecule has 0 fully saturated rings. The highest BCUT2D eigenvalue weighted by Gasteiger charge is 2.43. The Morgan fingerprint density at radius 2 is 1.88 bits per heavy atom. The normalized spacial score (nSPS) is 19.4. The summed E-state index contributed by atoms with van der Waals surface area (Å²) >= 11 is 0. The largest absolute Gasteiger partial charge is 0.504 e. The van der Waals surface area contributed by atoms with Crippen molar-refractivity contribution in [1.29, 1.82) is 0 Å². The molecule has 0 unspecified atom stereocenters. The maximum absolute atomic E-state index is 13.4. The van der Waals surface area contributed by atoms with Gasteiger partial charge in [-0.05, 0) is 48.9 Å². The highest BCUT2D eigenvalue weighted by atomic mass is 16.5. The quantitative estimate of drug-likeness (QED) is 0.580. The maximum Gasteiger partial charge on any atom is 0.337 e. The molecule has 0 aromatic heterocycles. The minimum Gasteiger partial charge on any atom is -0.504 e. The molecule has 0 radical (unpaired) electrons. The smallest absolute Gasteiger partial charge is 0.337 e. The topological polar surface area (TPSA) is 84.9 Å². The molecule has 1 aliphatic carbocycles. The van der Waals surface area contributed by atoms with Crippen molar-refractivity contribution in [3.63, 3.8) is 0 Å². The number of nitrogens with one attached hydrogen (secondary N) is 1. The van der Waals surface area contributed by atoms with Gasteiger partial charge in [0.25, 0.3) is 0 Å². The van der Waals surface area contributed by atoms with Crippen LogP contribution in [0.25, 0.3) is 0 Å². The summed E-state index contributed by atoms with van der Waals surface area (Å²) in [5.74, 6) is -0.745. The van der Waals surface area contributed by atoms with E-state index in [0.717, 1.165) is 11.3 Å². The molecular formula is C28H31NO5. The van der Waals surface area contributed by atoms with Gasteiger partial charge in [0.15, 0.2) is 17.3 Å². The number of phenolic OH excluding ortho intramolecular Hbond substituents is 1. The lowest BCUT2D eigenvalue weighted by Gasteiger charge is -2.39. The number of Topliss-reactive ketones (excluding diaryl/α,β-unsaturated/α-hetero) is 1. The second-order valence-electron chi connectivity index (χ2n) is 9.65. The van der Waals surface area contributed by atoms with Crippen molar-refractivity contribution >= 4 is 11.8 Å². The molecule has 1 aliphatic heterocycles. The summed E-state index contributed by atoms with van der Waals surface area (Å²) in [6.07, 6.45) is 1.09. The van der Waals surface area contributed by atoms with Gasteiger partial charge in [0.1, 0.15) is 6.61 Å². The molecule has 6 nitrogen and oxygen atoms in total. The summed E-state index contributed by atoms with van der Waals surface area (Å²) in [6.45, 7) is 8.33. The summed E-state index contributed by atoms with van der Waals surface area (Å²) in [5, 5.41) is 13.6. The molecule has 2 N–H and O–H groups in total. The Hall–Kier alpha value is -3.54. The summed E-state index contributed by atoms with van der Waals surface area (Å²) in [5.41, 5.74) is 3.90. The number of ketones is 1. The van der Waals surface area contributed by atoms with Crippen LogP contribution in [0.4, 0.5) is 0 Å². The van der Waals surface area contributed by atoms with Crippen molar-refractivity contribution in [2.45, 2.75) is 53.1 Å². The van der Waals surface area contributed by atoms with Gasteiger partial charge >= 0.3 is 5.97 Å². The molecule has 34 heavy (non-hydrogen) atoms. The summed E-state index contributed by atoms with van der Waals surface area (Å²) in [6, 6.07) is 14.5. The van der Waals surface area contributed by atoms with E-state index in [1.165, 1.54) is 0 Å². The summed E-state index contributed by atoms with van der Waals surface area (Å²) in [7, 11) is 0. The van der Waals surface area contributed by atoms with E-state index in [1.54, 1.807) is 18.2 Å². The monoisotopic (exact) mass is 461 g/mol. The second kappa shape index (κ2) is 9.37. The second-order valence-corrected chi connectivity index (χ2v) is 9.65. The van der Waals surface area contributed by atoms with Gasteiger partial charge in [0, 0.05) is 29.3 Å². The van der Waals surface area contributed by atoms with Crippen molar-refractivity contribution in [2.75, 3.05) is 6.61 Å². The number of ether oxygens (including phenoxy) is 2. The van der Waals surface area contributed by atoms with Crippen molar-refractivity contribution in [3.05, 3.63) is 82.2 Å². The van der Waals surface area contributed by atoms with E-state index in [1.807, 2.05) is 44.2 Å². The number of dihydropyridines is 1. The molecule has 1 heterocycles. The molecule has 0 spiro atoms. The molecule has 2 aromatic carbocycles. The van der Waals surface area contributed by atoms with Gasteiger partial charge in [-0.3, -0.25) is 4.79 Å². The first kappa shape index (κ1) is 23.6. The summed E-state index contributed by atoms with van der Waals surface area (Å²) < 4.78 is 11.3. The van der Waals surface area contributed by atoms with Gasteiger partial charge in [0.2, 0.25) is 0 Å². The lowest BCUT2D eigenvalue weighted by Crippen LogP contribution is -2.38. The number of hydrogen-bond acceptors (Lipinski definition) is 6. The van der Waals surface area contributed by atoms with Crippen LogP contribution in [0.5, 0.6) is 11.5 Å².